The van der Waals surface area contributed by atoms with E-state index in [0.29, 0.717) is 25.8 Å². The third-order valence-corrected chi connectivity index (χ3v) is 3.33. The van der Waals surface area contributed by atoms with E-state index in [2.05, 4.69) is 0 Å². The van der Waals surface area contributed by atoms with Gasteiger partial charge in [-0.05, 0) is 24.1 Å². The summed E-state index contributed by atoms with van der Waals surface area (Å²) in [4.78, 5) is 37.3. The van der Waals surface area contributed by atoms with Crippen molar-refractivity contribution in [1.29, 1.82) is 0 Å². The molecule has 0 saturated carbocycles. The van der Waals surface area contributed by atoms with E-state index in [1.807, 2.05) is 0 Å². The zero-order valence-electron chi connectivity index (χ0n) is 13.2. The number of carbonyl (C=O) groups excluding carboxylic acids is 2. The fourth-order valence-electron chi connectivity index (χ4n) is 1.92. The maximum Gasteiger partial charge on any atom is 0.335 e. The maximum atomic E-state index is 12.0. The Bertz CT molecular complexity index is 538. The largest absolute Gasteiger partial charge is 0.478 e. The predicted molar refractivity (Wildman–Crippen MR) is 82.4 cm³/mol. The Hall–Kier alpha value is -2.37. The third kappa shape index (κ3) is 5.55. The summed E-state index contributed by atoms with van der Waals surface area (Å²) >= 11 is 0. The Balaban J connectivity index is 2.43. The van der Waals surface area contributed by atoms with Crippen LogP contribution >= 0.6 is 0 Å². The summed E-state index contributed by atoms with van der Waals surface area (Å²) in [5.41, 5.74) is 1.09. The molecule has 1 N–H and O–H groups in total. The van der Waals surface area contributed by atoms with E-state index in [4.69, 9.17) is 5.11 Å². The zero-order chi connectivity index (χ0) is 16.7. The Morgan fingerprint density at radius 1 is 0.955 bits per heavy atom. The van der Waals surface area contributed by atoms with Gasteiger partial charge in [-0.1, -0.05) is 12.1 Å². The van der Waals surface area contributed by atoms with Crippen molar-refractivity contribution in [1.82, 2.24) is 9.80 Å². The molecule has 0 saturated heterocycles. The van der Waals surface area contributed by atoms with Crippen LogP contribution in [0.4, 0.5) is 0 Å². The molecule has 6 heteroatoms. The van der Waals surface area contributed by atoms with Crippen LogP contribution in [0.3, 0.4) is 0 Å². The van der Waals surface area contributed by atoms with Crippen LogP contribution in [0.15, 0.2) is 24.3 Å². The van der Waals surface area contributed by atoms with E-state index in [-0.39, 0.29) is 17.4 Å². The highest BCUT2D eigenvalue weighted by molar-refractivity contribution is 5.87. The summed E-state index contributed by atoms with van der Waals surface area (Å²) in [7, 11) is 5.08. The van der Waals surface area contributed by atoms with Crippen LogP contribution in [-0.4, -0.2) is 53.8 Å². The third-order valence-electron chi connectivity index (χ3n) is 3.33. The lowest BCUT2D eigenvalue weighted by Gasteiger charge is -2.17. The molecule has 0 radical (unpaired) electrons. The molecule has 1 rings (SSSR count). The number of aromatic carboxylic acids is 1. The summed E-state index contributed by atoms with van der Waals surface area (Å²) in [5.74, 6) is -0.991. The second-order valence-electron chi connectivity index (χ2n) is 5.39. The van der Waals surface area contributed by atoms with Gasteiger partial charge in [-0.2, -0.15) is 0 Å². The van der Waals surface area contributed by atoms with E-state index in [0.717, 1.165) is 5.56 Å². The molecule has 0 aromatic heterocycles. The lowest BCUT2D eigenvalue weighted by Crippen LogP contribution is -2.27. The molecule has 0 atom stereocenters. The molecule has 0 bridgehead atoms. The van der Waals surface area contributed by atoms with Crippen LogP contribution in [0.1, 0.15) is 35.2 Å². The smallest absolute Gasteiger partial charge is 0.335 e. The van der Waals surface area contributed by atoms with E-state index < -0.39 is 5.97 Å². The first kappa shape index (κ1) is 17.7. The van der Waals surface area contributed by atoms with Gasteiger partial charge in [0.25, 0.3) is 0 Å². The number of rotatable bonds is 7. The van der Waals surface area contributed by atoms with Gasteiger partial charge in [-0.15, -0.1) is 0 Å². The van der Waals surface area contributed by atoms with E-state index in [9.17, 15) is 14.4 Å². The lowest BCUT2D eigenvalue weighted by atomic mass is 10.1. The molecule has 1 aromatic rings. The number of carboxylic acid groups (broad SMARTS) is 1. The first-order valence-electron chi connectivity index (χ1n) is 7.07. The van der Waals surface area contributed by atoms with Crippen LogP contribution in [0.5, 0.6) is 0 Å². The minimum Gasteiger partial charge on any atom is -0.478 e. The highest BCUT2D eigenvalue weighted by Gasteiger charge is 2.11. The molecule has 0 fully saturated rings. The highest BCUT2D eigenvalue weighted by atomic mass is 16.4. The van der Waals surface area contributed by atoms with Gasteiger partial charge in [0, 0.05) is 40.5 Å². The van der Waals surface area contributed by atoms with Crippen LogP contribution in [0.2, 0.25) is 0 Å². The van der Waals surface area contributed by atoms with E-state index >= 15 is 0 Å². The van der Waals surface area contributed by atoms with E-state index in [1.165, 1.54) is 17.0 Å². The Kier molecular flexibility index (Phi) is 6.56. The standard InChI is InChI=1S/C16H22N2O4/c1-17(2)14(19)5-4-6-15(20)18(3)11-12-7-9-13(10-8-12)16(21)22/h7-10H,4-6,11H2,1-3H3,(H,21,22). The average molecular weight is 306 g/mol. The molecule has 0 aliphatic carbocycles. The Morgan fingerprint density at radius 2 is 1.50 bits per heavy atom. The second kappa shape index (κ2) is 8.17. The fourth-order valence-corrected chi connectivity index (χ4v) is 1.92. The predicted octanol–water partition coefficient (Wildman–Crippen LogP) is 1.60. The normalized spacial score (nSPS) is 10.1. The van der Waals surface area contributed by atoms with Gasteiger partial charge in [0.15, 0.2) is 0 Å². The molecule has 0 heterocycles. The van der Waals surface area contributed by atoms with Crippen molar-refractivity contribution in [2.75, 3.05) is 21.1 Å². The molecule has 6 nitrogen and oxygen atoms in total. The summed E-state index contributed by atoms with van der Waals surface area (Å²) in [6.45, 7) is 0.417. The van der Waals surface area contributed by atoms with Gasteiger partial charge in [0.1, 0.15) is 0 Å². The first-order chi connectivity index (χ1) is 10.3. The number of hydrogen-bond acceptors (Lipinski definition) is 3. The minimum atomic E-state index is -0.971. The van der Waals surface area contributed by atoms with Crippen LogP contribution in [0, 0.1) is 0 Å². The monoisotopic (exact) mass is 306 g/mol. The zero-order valence-corrected chi connectivity index (χ0v) is 13.2. The molecule has 2 amide bonds. The Labute approximate surface area is 130 Å². The topological polar surface area (TPSA) is 77.9 Å². The van der Waals surface area contributed by atoms with Gasteiger partial charge in [-0.25, -0.2) is 4.79 Å². The van der Waals surface area contributed by atoms with Crippen molar-refractivity contribution in [3.05, 3.63) is 35.4 Å². The van der Waals surface area contributed by atoms with Crippen molar-refractivity contribution in [3.8, 4) is 0 Å². The average Bonchev–Trinajstić information content (AvgIpc) is 2.47. The molecule has 0 aliphatic rings. The molecule has 22 heavy (non-hydrogen) atoms. The molecule has 0 spiro atoms. The van der Waals surface area contributed by atoms with E-state index in [1.54, 1.807) is 38.2 Å². The fraction of sp³-hybridized carbons (Fsp3) is 0.438. The van der Waals surface area contributed by atoms with Crippen LogP contribution in [-0.2, 0) is 16.1 Å². The number of nitrogens with zero attached hydrogens (tertiary/aromatic N) is 2. The van der Waals surface area contributed by atoms with Crippen molar-refractivity contribution in [3.63, 3.8) is 0 Å². The number of carbonyl (C=O) groups is 3. The molecule has 1 aromatic carbocycles. The molecule has 120 valence electrons. The number of hydrogen-bond donors (Lipinski definition) is 1. The van der Waals surface area contributed by atoms with Crippen LogP contribution in [0.25, 0.3) is 0 Å². The van der Waals surface area contributed by atoms with Gasteiger partial charge in [0.2, 0.25) is 11.8 Å². The van der Waals surface area contributed by atoms with Gasteiger partial charge < -0.3 is 14.9 Å². The molecule has 0 unspecified atom stereocenters. The summed E-state index contributed by atoms with van der Waals surface area (Å²) < 4.78 is 0. The number of carboxylic acids is 1. The molecular weight excluding hydrogens is 284 g/mol. The Morgan fingerprint density at radius 3 is 2.00 bits per heavy atom. The van der Waals surface area contributed by atoms with Crippen molar-refractivity contribution >= 4 is 17.8 Å². The summed E-state index contributed by atoms with van der Waals surface area (Å²) in [6, 6.07) is 6.43. The van der Waals surface area contributed by atoms with Crippen LogP contribution < -0.4 is 0 Å². The van der Waals surface area contributed by atoms with Gasteiger partial charge in [0.05, 0.1) is 5.56 Å². The van der Waals surface area contributed by atoms with Crippen molar-refractivity contribution < 1.29 is 19.5 Å². The summed E-state index contributed by atoms with van der Waals surface area (Å²) in [5, 5.41) is 8.83. The first-order valence-corrected chi connectivity index (χ1v) is 7.07. The van der Waals surface area contributed by atoms with Gasteiger partial charge >= 0.3 is 5.97 Å². The molecule has 0 aliphatic heterocycles. The SMILES string of the molecule is CN(C)C(=O)CCCC(=O)N(C)Cc1ccc(C(=O)O)cc1. The highest BCUT2D eigenvalue weighted by Crippen LogP contribution is 2.09. The number of amides is 2. The second-order valence-corrected chi connectivity index (χ2v) is 5.39. The lowest BCUT2D eigenvalue weighted by molar-refractivity contribution is -0.131. The van der Waals surface area contributed by atoms with Crippen molar-refractivity contribution in [2.24, 2.45) is 0 Å². The summed E-state index contributed by atoms with van der Waals surface area (Å²) in [6.07, 6.45) is 1.21. The van der Waals surface area contributed by atoms with Crippen molar-refractivity contribution in [2.45, 2.75) is 25.8 Å². The van der Waals surface area contributed by atoms with Gasteiger partial charge in [-0.3, -0.25) is 9.59 Å². The quantitative estimate of drug-likeness (QED) is 0.830. The number of benzene rings is 1. The maximum absolute atomic E-state index is 12.0. The minimum absolute atomic E-state index is 0.0136. The molecular formula is C16H22N2O4.